The molecule has 2 N–H and O–H groups in total. The maximum atomic E-state index is 6.19. The summed E-state index contributed by atoms with van der Waals surface area (Å²) < 4.78 is 7.65. The van der Waals surface area contributed by atoms with Crippen LogP contribution in [0.2, 0.25) is 0 Å². The molecule has 1 heterocycles. The number of nitrogens with zero attached hydrogens (tertiary/aromatic N) is 2. The van der Waals surface area contributed by atoms with Crippen LogP contribution >= 0.6 is 0 Å². The number of aromatic nitrogens is 2. The van der Waals surface area contributed by atoms with Gasteiger partial charge in [-0.15, -0.1) is 6.58 Å². The van der Waals surface area contributed by atoms with Crippen LogP contribution < -0.4 is 10.5 Å². The van der Waals surface area contributed by atoms with Gasteiger partial charge in [0.25, 0.3) is 0 Å². The molecule has 20 heavy (non-hydrogen) atoms. The maximum Gasteiger partial charge on any atom is 0.132 e. The fourth-order valence-electron chi connectivity index (χ4n) is 2.14. The Morgan fingerprint density at radius 2 is 2.20 bits per heavy atom. The van der Waals surface area contributed by atoms with E-state index in [4.69, 9.17) is 10.5 Å². The number of imidazole rings is 1. The minimum atomic E-state index is 0.141. The van der Waals surface area contributed by atoms with E-state index in [2.05, 4.69) is 11.6 Å². The molecule has 0 bridgehead atoms. The van der Waals surface area contributed by atoms with E-state index < -0.39 is 0 Å². The van der Waals surface area contributed by atoms with Gasteiger partial charge in [0, 0.05) is 12.1 Å². The van der Waals surface area contributed by atoms with Gasteiger partial charge in [0.2, 0.25) is 0 Å². The largest absolute Gasteiger partial charge is 0.491 e. The van der Waals surface area contributed by atoms with Crippen LogP contribution in [0, 0.1) is 6.92 Å². The van der Waals surface area contributed by atoms with Gasteiger partial charge in [-0.25, -0.2) is 4.98 Å². The predicted molar refractivity (Wildman–Crippen MR) is 82.8 cm³/mol. The number of anilines is 1. The monoisotopic (exact) mass is 271 g/mol. The van der Waals surface area contributed by atoms with Crippen LogP contribution in [0.4, 0.5) is 5.82 Å². The summed E-state index contributed by atoms with van der Waals surface area (Å²) in [6, 6.07) is 7.85. The summed E-state index contributed by atoms with van der Waals surface area (Å²) >= 11 is 0. The Morgan fingerprint density at radius 3 is 2.85 bits per heavy atom. The zero-order valence-electron chi connectivity index (χ0n) is 12.3. The van der Waals surface area contributed by atoms with Crippen molar-refractivity contribution < 1.29 is 4.74 Å². The van der Waals surface area contributed by atoms with Crippen LogP contribution in [0.25, 0.3) is 11.3 Å². The topological polar surface area (TPSA) is 53.1 Å². The molecule has 0 aliphatic carbocycles. The SMILES string of the molecule is C=CCn1c(C)nc(-c2cccc(OC(C)C)c2)c1N. The summed E-state index contributed by atoms with van der Waals surface area (Å²) in [5.41, 5.74) is 7.94. The number of ether oxygens (including phenoxy) is 1. The molecule has 0 saturated carbocycles. The van der Waals surface area contributed by atoms with Crippen molar-refractivity contribution >= 4 is 5.82 Å². The van der Waals surface area contributed by atoms with Gasteiger partial charge < -0.3 is 15.0 Å². The first-order valence-corrected chi connectivity index (χ1v) is 6.73. The van der Waals surface area contributed by atoms with Crippen molar-refractivity contribution in [2.24, 2.45) is 0 Å². The molecule has 2 aromatic rings. The molecule has 0 saturated heterocycles. The lowest BCUT2D eigenvalue weighted by Crippen LogP contribution is -2.05. The zero-order valence-corrected chi connectivity index (χ0v) is 12.3. The minimum absolute atomic E-state index is 0.141. The molecule has 106 valence electrons. The fourth-order valence-corrected chi connectivity index (χ4v) is 2.14. The Bertz CT molecular complexity index is 614. The van der Waals surface area contributed by atoms with Gasteiger partial charge in [0.15, 0.2) is 0 Å². The van der Waals surface area contributed by atoms with Gasteiger partial charge >= 0.3 is 0 Å². The molecule has 0 radical (unpaired) electrons. The lowest BCUT2D eigenvalue weighted by molar-refractivity contribution is 0.242. The van der Waals surface area contributed by atoms with Crippen molar-refractivity contribution in [2.45, 2.75) is 33.4 Å². The first kappa shape index (κ1) is 14.2. The third kappa shape index (κ3) is 2.85. The van der Waals surface area contributed by atoms with Gasteiger partial charge in [-0.3, -0.25) is 0 Å². The second-order valence-corrected chi connectivity index (χ2v) is 4.99. The van der Waals surface area contributed by atoms with E-state index in [9.17, 15) is 0 Å². The Balaban J connectivity index is 2.41. The van der Waals surface area contributed by atoms with Gasteiger partial charge in [0.05, 0.1) is 6.10 Å². The van der Waals surface area contributed by atoms with Crippen LogP contribution in [0.3, 0.4) is 0 Å². The van der Waals surface area contributed by atoms with Crippen LogP contribution in [0.5, 0.6) is 5.75 Å². The summed E-state index contributed by atoms with van der Waals surface area (Å²) in [7, 11) is 0. The number of hydrogen-bond acceptors (Lipinski definition) is 3. The van der Waals surface area contributed by atoms with E-state index in [-0.39, 0.29) is 6.10 Å². The Hall–Kier alpha value is -2.23. The summed E-state index contributed by atoms with van der Waals surface area (Å²) in [6.45, 7) is 10.4. The van der Waals surface area contributed by atoms with E-state index in [1.54, 1.807) is 0 Å². The van der Waals surface area contributed by atoms with Gasteiger partial charge in [-0.1, -0.05) is 18.2 Å². The van der Waals surface area contributed by atoms with E-state index in [0.29, 0.717) is 12.4 Å². The molecular weight excluding hydrogens is 250 g/mol. The van der Waals surface area contributed by atoms with Gasteiger partial charge in [0.1, 0.15) is 23.1 Å². The van der Waals surface area contributed by atoms with Crippen molar-refractivity contribution in [3.05, 3.63) is 42.7 Å². The molecule has 0 unspecified atom stereocenters. The lowest BCUT2D eigenvalue weighted by Gasteiger charge is -2.10. The molecule has 1 aromatic heterocycles. The Kier molecular flexibility index (Phi) is 4.13. The van der Waals surface area contributed by atoms with Crippen molar-refractivity contribution in [1.29, 1.82) is 0 Å². The van der Waals surface area contributed by atoms with Crippen LogP contribution in [-0.2, 0) is 6.54 Å². The molecule has 4 nitrogen and oxygen atoms in total. The predicted octanol–water partition coefficient (Wildman–Crippen LogP) is 3.41. The number of allylic oxidation sites excluding steroid dienone is 1. The molecule has 2 rings (SSSR count). The molecule has 1 aromatic carbocycles. The van der Waals surface area contributed by atoms with Crippen molar-refractivity contribution in [2.75, 3.05) is 5.73 Å². The van der Waals surface area contributed by atoms with E-state index in [1.165, 1.54) is 0 Å². The quantitative estimate of drug-likeness (QED) is 0.848. The summed E-state index contributed by atoms with van der Waals surface area (Å²) in [6.07, 6.45) is 1.95. The third-order valence-electron chi connectivity index (χ3n) is 2.99. The van der Waals surface area contributed by atoms with Crippen molar-refractivity contribution in [1.82, 2.24) is 9.55 Å². The number of hydrogen-bond donors (Lipinski definition) is 1. The Labute approximate surface area is 119 Å². The summed E-state index contributed by atoms with van der Waals surface area (Å²) in [4.78, 5) is 4.55. The molecule has 0 spiro atoms. The summed E-state index contributed by atoms with van der Waals surface area (Å²) in [5, 5.41) is 0. The molecule has 0 amide bonds. The highest BCUT2D eigenvalue weighted by molar-refractivity contribution is 5.72. The minimum Gasteiger partial charge on any atom is -0.491 e. The maximum absolute atomic E-state index is 6.19. The second kappa shape index (κ2) is 5.82. The highest BCUT2D eigenvalue weighted by Crippen LogP contribution is 2.29. The van der Waals surface area contributed by atoms with E-state index >= 15 is 0 Å². The van der Waals surface area contributed by atoms with Gasteiger partial charge in [-0.2, -0.15) is 0 Å². The fraction of sp³-hybridized carbons (Fsp3) is 0.312. The van der Waals surface area contributed by atoms with Crippen LogP contribution in [0.15, 0.2) is 36.9 Å². The molecule has 0 fully saturated rings. The van der Waals surface area contributed by atoms with Crippen molar-refractivity contribution in [3.63, 3.8) is 0 Å². The molecule has 4 heteroatoms. The van der Waals surface area contributed by atoms with E-state index in [0.717, 1.165) is 22.8 Å². The number of nitrogens with two attached hydrogens (primary N) is 1. The normalized spacial score (nSPS) is 10.8. The first-order valence-electron chi connectivity index (χ1n) is 6.73. The van der Waals surface area contributed by atoms with Crippen molar-refractivity contribution in [3.8, 4) is 17.0 Å². The number of rotatable bonds is 5. The van der Waals surface area contributed by atoms with Gasteiger partial charge in [-0.05, 0) is 32.9 Å². The molecule has 0 aliphatic heterocycles. The smallest absolute Gasteiger partial charge is 0.132 e. The number of nitrogen functional groups attached to an aromatic ring is 1. The number of benzene rings is 1. The average Bonchev–Trinajstić information content (AvgIpc) is 2.67. The lowest BCUT2D eigenvalue weighted by atomic mass is 10.1. The molecule has 0 atom stereocenters. The highest BCUT2D eigenvalue weighted by atomic mass is 16.5. The van der Waals surface area contributed by atoms with Crippen LogP contribution in [-0.4, -0.2) is 15.7 Å². The zero-order chi connectivity index (χ0) is 14.7. The summed E-state index contributed by atoms with van der Waals surface area (Å²) in [5.74, 6) is 2.37. The molecular formula is C16H21N3O. The first-order chi connectivity index (χ1) is 9.52. The third-order valence-corrected chi connectivity index (χ3v) is 2.99. The second-order valence-electron chi connectivity index (χ2n) is 4.99. The Morgan fingerprint density at radius 1 is 1.45 bits per heavy atom. The highest BCUT2D eigenvalue weighted by Gasteiger charge is 2.13. The number of aryl methyl sites for hydroxylation is 1. The van der Waals surface area contributed by atoms with E-state index in [1.807, 2.05) is 55.7 Å². The standard InChI is InChI=1S/C16H21N3O/c1-5-9-19-12(4)18-15(16(19)17)13-7-6-8-14(10-13)20-11(2)3/h5-8,10-11H,1,9,17H2,2-4H3. The molecule has 0 aliphatic rings. The van der Waals surface area contributed by atoms with Crippen LogP contribution in [0.1, 0.15) is 19.7 Å². The average molecular weight is 271 g/mol.